The van der Waals surface area contributed by atoms with E-state index in [1.54, 1.807) is 4.57 Å². The van der Waals surface area contributed by atoms with E-state index in [0.717, 1.165) is 17.1 Å². The summed E-state index contributed by atoms with van der Waals surface area (Å²) in [6, 6.07) is 10.1. The second-order valence-electron chi connectivity index (χ2n) is 4.77. The zero-order chi connectivity index (χ0) is 13.8. The van der Waals surface area contributed by atoms with Gasteiger partial charge in [-0.2, -0.15) is 4.98 Å². The lowest BCUT2D eigenvalue weighted by atomic mass is 10.2. The number of aryl methyl sites for hydroxylation is 3. The molecule has 19 heavy (non-hydrogen) atoms. The van der Waals surface area contributed by atoms with E-state index in [1.807, 2.05) is 32.0 Å². The van der Waals surface area contributed by atoms with Crippen LogP contribution in [-0.4, -0.2) is 16.1 Å². The van der Waals surface area contributed by atoms with E-state index in [9.17, 15) is 4.79 Å². The van der Waals surface area contributed by atoms with Crippen molar-refractivity contribution < 1.29 is 0 Å². The fourth-order valence-corrected chi connectivity index (χ4v) is 2.11. The molecule has 1 heterocycles. The average molecular weight is 257 g/mol. The summed E-state index contributed by atoms with van der Waals surface area (Å²) in [6.07, 6.45) is 0. The minimum Gasteiger partial charge on any atom is -0.383 e. The van der Waals surface area contributed by atoms with Crippen LogP contribution in [0.4, 0.5) is 5.69 Å². The molecule has 0 aliphatic heterocycles. The number of aromatic nitrogens is 2. The van der Waals surface area contributed by atoms with Gasteiger partial charge in [0.25, 0.3) is 0 Å². The molecule has 0 atom stereocenters. The van der Waals surface area contributed by atoms with Gasteiger partial charge in [-0.15, -0.1) is 0 Å². The smallest absolute Gasteiger partial charge is 0.348 e. The number of hydrogen-bond donors (Lipinski definition) is 1. The van der Waals surface area contributed by atoms with Crippen molar-refractivity contribution in [2.75, 3.05) is 11.9 Å². The van der Waals surface area contributed by atoms with E-state index in [0.29, 0.717) is 13.1 Å². The molecule has 0 radical (unpaired) electrons. The van der Waals surface area contributed by atoms with E-state index in [-0.39, 0.29) is 5.69 Å². The Balaban J connectivity index is 2.02. The first-order valence-corrected chi connectivity index (χ1v) is 6.42. The lowest BCUT2D eigenvalue weighted by Crippen LogP contribution is -2.28. The van der Waals surface area contributed by atoms with Gasteiger partial charge in [0.05, 0.1) is 0 Å². The van der Waals surface area contributed by atoms with Crippen LogP contribution >= 0.6 is 0 Å². The maximum atomic E-state index is 11.8. The molecular formula is C15H19N3O. The van der Waals surface area contributed by atoms with E-state index < -0.39 is 0 Å². The number of nitrogens with zero attached hydrogens (tertiary/aromatic N) is 2. The molecule has 0 bridgehead atoms. The van der Waals surface area contributed by atoms with E-state index in [4.69, 9.17) is 0 Å². The number of benzene rings is 1. The van der Waals surface area contributed by atoms with E-state index in [2.05, 4.69) is 29.4 Å². The summed E-state index contributed by atoms with van der Waals surface area (Å²) >= 11 is 0. The predicted octanol–water partition coefficient (Wildman–Crippen LogP) is 2.28. The van der Waals surface area contributed by atoms with Crippen LogP contribution in [-0.2, 0) is 6.54 Å². The van der Waals surface area contributed by atoms with Crippen molar-refractivity contribution in [1.29, 1.82) is 0 Å². The van der Waals surface area contributed by atoms with Gasteiger partial charge in [-0.25, -0.2) is 4.79 Å². The van der Waals surface area contributed by atoms with Crippen molar-refractivity contribution >= 4 is 5.69 Å². The number of nitrogens with one attached hydrogen (secondary N) is 1. The average Bonchev–Trinajstić information content (AvgIpc) is 2.32. The summed E-state index contributed by atoms with van der Waals surface area (Å²) in [5.41, 5.74) is 3.83. The van der Waals surface area contributed by atoms with E-state index >= 15 is 0 Å². The molecule has 0 amide bonds. The monoisotopic (exact) mass is 257 g/mol. The lowest BCUT2D eigenvalue weighted by molar-refractivity contribution is 0.648. The molecule has 0 saturated heterocycles. The molecule has 0 fully saturated rings. The first-order chi connectivity index (χ1) is 9.06. The summed E-state index contributed by atoms with van der Waals surface area (Å²) in [7, 11) is 0. The van der Waals surface area contributed by atoms with Crippen LogP contribution in [0, 0.1) is 20.8 Å². The summed E-state index contributed by atoms with van der Waals surface area (Å²) in [5.74, 6) is 0. The normalized spacial score (nSPS) is 10.5. The van der Waals surface area contributed by atoms with Crippen LogP contribution in [0.2, 0.25) is 0 Å². The molecule has 4 heteroatoms. The van der Waals surface area contributed by atoms with Gasteiger partial charge in [0.1, 0.15) is 0 Å². The Bertz CT molecular complexity index is 632. The van der Waals surface area contributed by atoms with Gasteiger partial charge < -0.3 is 5.32 Å². The van der Waals surface area contributed by atoms with Gasteiger partial charge in [-0.05, 0) is 44.5 Å². The Labute approximate surface area is 113 Å². The molecule has 1 aromatic carbocycles. The zero-order valence-corrected chi connectivity index (χ0v) is 11.6. The molecular weight excluding hydrogens is 238 g/mol. The molecule has 4 nitrogen and oxygen atoms in total. The van der Waals surface area contributed by atoms with Gasteiger partial charge in [0.2, 0.25) is 0 Å². The third-order valence-corrected chi connectivity index (χ3v) is 3.03. The standard InChI is InChI=1S/C15H19N3O/c1-11-5-4-6-14(9-11)16-7-8-18-13(3)10-12(2)17-15(18)19/h4-6,9-10,16H,7-8H2,1-3H3. The minimum absolute atomic E-state index is 0.177. The van der Waals surface area contributed by atoms with Crippen LogP contribution in [0.15, 0.2) is 35.1 Å². The van der Waals surface area contributed by atoms with Crippen molar-refractivity contribution in [2.45, 2.75) is 27.3 Å². The van der Waals surface area contributed by atoms with Gasteiger partial charge >= 0.3 is 5.69 Å². The molecule has 2 rings (SSSR count). The third-order valence-electron chi connectivity index (χ3n) is 3.03. The third kappa shape index (κ3) is 3.44. The quantitative estimate of drug-likeness (QED) is 0.914. The molecule has 1 N–H and O–H groups in total. The van der Waals surface area contributed by atoms with Crippen molar-refractivity contribution in [3.8, 4) is 0 Å². The predicted molar refractivity (Wildman–Crippen MR) is 77.6 cm³/mol. The van der Waals surface area contributed by atoms with Crippen LogP contribution < -0.4 is 11.0 Å². The molecule has 100 valence electrons. The fourth-order valence-electron chi connectivity index (χ4n) is 2.11. The Kier molecular flexibility index (Phi) is 4.00. The highest BCUT2D eigenvalue weighted by Crippen LogP contribution is 2.09. The van der Waals surface area contributed by atoms with Crippen molar-refractivity contribution in [2.24, 2.45) is 0 Å². The Morgan fingerprint density at radius 3 is 2.68 bits per heavy atom. The fraction of sp³-hybridized carbons (Fsp3) is 0.333. The first kappa shape index (κ1) is 13.3. The lowest BCUT2D eigenvalue weighted by Gasteiger charge is -2.11. The topological polar surface area (TPSA) is 46.9 Å². The highest BCUT2D eigenvalue weighted by molar-refractivity contribution is 5.45. The Morgan fingerprint density at radius 1 is 1.21 bits per heavy atom. The van der Waals surface area contributed by atoms with Gasteiger partial charge in [0.15, 0.2) is 0 Å². The molecule has 0 saturated carbocycles. The van der Waals surface area contributed by atoms with Crippen LogP contribution in [0.3, 0.4) is 0 Å². The van der Waals surface area contributed by atoms with Gasteiger partial charge in [-0.1, -0.05) is 12.1 Å². The number of anilines is 1. The summed E-state index contributed by atoms with van der Waals surface area (Å²) in [4.78, 5) is 15.7. The minimum atomic E-state index is -0.177. The first-order valence-electron chi connectivity index (χ1n) is 6.42. The molecule has 0 unspecified atom stereocenters. The van der Waals surface area contributed by atoms with Gasteiger partial charge in [0, 0.05) is 30.2 Å². The second kappa shape index (κ2) is 5.69. The maximum Gasteiger partial charge on any atom is 0.348 e. The number of hydrogen-bond acceptors (Lipinski definition) is 3. The van der Waals surface area contributed by atoms with Crippen LogP contribution in [0.25, 0.3) is 0 Å². The van der Waals surface area contributed by atoms with Crippen molar-refractivity contribution in [1.82, 2.24) is 9.55 Å². The maximum absolute atomic E-state index is 11.8. The van der Waals surface area contributed by atoms with Crippen molar-refractivity contribution in [3.05, 3.63) is 57.8 Å². The SMILES string of the molecule is Cc1cccc(NCCn2c(C)cc(C)nc2=O)c1. The molecule has 2 aromatic rings. The zero-order valence-electron chi connectivity index (χ0n) is 11.6. The summed E-state index contributed by atoms with van der Waals surface area (Å²) in [5, 5.41) is 3.32. The summed E-state index contributed by atoms with van der Waals surface area (Å²) in [6.45, 7) is 7.15. The molecule has 0 aliphatic rings. The van der Waals surface area contributed by atoms with Crippen molar-refractivity contribution in [3.63, 3.8) is 0 Å². The van der Waals surface area contributed by atoms with E-state index in [1.165, 1.54) is 5.56 Å². The number of rotatable bonds is 4. The van der Waals surface area contributed by atoms with Crippen LogP contribution in [0.5, 0.6) is 0 Å². The highest BCUT2D eigenvalue weighted by atomic mass is 16.1. The van der Waals surface area contributed by atoms with Gasteiger partial charge in [-0.3, -0.25) is 4.57 Å². The Hall–Kier alpha value is -2.10. The molecule has 1 aromatic heterocycles. The summed E-state index contributed by atoms with van der Waals surface area (Å²) < 4.78 is 1.69. The Morgan fingerprint density at radius 2 is 2.00 bits per heavy atom. The highest BCUT2D eigenvalue weighted by Gasteiger charge is 2.02. The largest absolute Gasteiger partial charge is 0.383 e. The molecule has 0 spiro atoms. The second-order valence-corrected chi connectivity index (χ2v) is 4.77. The molecule has 0 aliphatic carbocycles. The van der Waals surface area contributed by atoms with Crippen LogP contribution in [0.1, 0.15) is 17.0 Å².